The maximum absolute atomic E-state index is 13.8. The molecule has 0 spiro atoms. The van der Waals surface area contributed by atoms with Crippen molar-refractivity contribution >= 4 is 0 Å². The lowest BCUT2D eigenvalue weighted by atomic mass is 9.82. The zero-order valence-corrected chi connectivity index (χ0v) is 13.6. The number of rotatable bonds is 6. The van der Waals surface area contributed by atoms with Gasteiger partial charge < -0.3 is 9.47 Å². The maximum Gasteiger partial charge on any atom is 0.204 e. The average Bonchev–Trinajstić information content (AvgIpc) is 2.57. The molecular formula is C18H23F3O2. The molecule has 23 heavy (non-hydrogen) atoms. The molecule has 0 aliphatic heterocycles. The number of ether oxygens (including phenoxy) is 2. The summed E-state index contributed by atoms with van der Waals surface area (Å²) in [5.74, 6) is -1.78. The van der Waals surface area contributed by atoms with Crippen LogP contribution in [0.2, 0.25) is 0 Å². The van der Waals surface area contributed by atoms with Crippen LogP contribution in [0.15, 0.2) is 24.0 Å². The van der Waals surface area contributed by atoms with Gasteiger partial charge in [0.1, 0.15) is 0 Å². The van der Waals surface area contributed by atoms with Crippen LogP contribution in [0.5, 0.6) is 11.5 Å². The van der Waals surface area contributed by atoms with Gasteiger partial charge in [-0.1, -0.05) is 6.92 Å². The Labute approximate surface area is 135 Å². The van der Waals surface area contributed by atoms with Crippen LogP contribution in [-0.4, -0.2) is 13.7 Å². The Balaban J connectivity index is 1.85. The molecule has 1 aromatic rings. The SMILES string of the molecule is CCC(F)=CC1CCC(COc2ccc(OC)c(F)c2F)CC1. The van der Waals surface area contributed by atoms with Crippen molar-refractivity contribution in [2.24, 2.45) is 11.8 Å². The number of hydrogen-bond acceptors (Lipinski definition) is 2. The highest BCUT2D eigenvalue weighted by Crippen LogP contribution is 2.32. The molecule has 2 nitrogen and oxygen atoms in total. The molecule has 128 valence electrons. The zero-order valence-electron chi connectivity index (χ0n) is 13.6. The molecular weight excluding hydrogens is 305 g/mol. The van der Waals surface area contributed by atoms with Gasteiger partial charge in [-0.25, -0.2) is 4.39 Å². The lowest BCUT2D eigenvalue weighted by Crippen LogP contribution is -2.19. The van der Waals surface area contributed by atoms with Crippen LogP contribution in [0.4, 0.5) is 13.2 Å². The van der Waals surface area contributed by atoms with E-state index in [1.165, 1.54) is 19.2 Å². The molecule has 0 radical (unpaired) electrons. The Kier molecular flexibility index (Phi) is 6.37. The largest absolute Gasteiger partial charge is 0.494 e. The van der Waals surface area contributed by atoms with Gasteiger partial charge in [0.05, 0.1) is 19.5 Å². The van der Waals surface area contributed by atoms with Gasteiger partial charge in [0, 0.05) is 0 Å². The van der Waals surface area contributed by atoms with Crippen LogP contribution in [0.25, 0.3) is 0 Å². The van der Waals surface area contributed by atoms with Gasteiger partial charge in [0.25, 0.3) is 0 Å². The van der Waals surface area contributed by atoms with Crippen molar-refractivity contribution in [1.29, 1.82) is 0 Å². The summed E-state index contributed by atoms with van der Waals surface area (Å²) in [6, 6.07) is 2.73. The Morgan fingerprint density at radius 1 is 1.13 bits per heavy atom. The Hall–Kier alpha value is -1.65. The molecule has 1 saturated carbocycles. The minimum absolute atomic E-state index is 0.0551. The third kappa shape index (κ3) is 4.66. The molecule has 0 saturated heterocycles. The summed E-state index contributed by atoms with van der Waals surface area (Å²) in [6.07, 6.45) is 5.76. The lowest BCUT2D eigenvalue weighted by molar-refractivity contribution is 0.186. The van der Waals surface area contributed by atoms with Crippen LogP contribution in [-0.2, 0) is 0 Å². The first-order valence-corrected chi connectivity index (χ1v) is 8.06. The fraction of sp³-hybridized carbons (Fsp3) is 0.556. The molecule has 1 aliphatic rings. The summed E-state index contributed by atoms with van der Waals surface area (Å²) >= 11 is 0. The highest BCUT2D eigenvalue weighted by molar-refractivity contribution is 5.34. The van der Waals surface area contributed by atoms with Gasteiger partial charge in [0.2, 0.25) is 11.6 Å². The highest BCUT2D eigenvalue weighted by Gasteiger charge is 2.22. The Bertz CT molecular complexity index is 549. The van der Waals surface area contributed by atoms with E-state index in [9.17, 15) is 13.2 Å². The van der Waals surface area contributed by atoms with Crippen LogP contribution in [0.1, 0.15) is 39.0 Å². The number of allylic oxidation sites excluding steroid dienone is 2. The predicted octanol–water partition coefficient (Wildman–Crippen LogP) is 5.42. The van der Waals surface area contributed by atoms with E-state index in [2.05, 4.69) is 0 Å². The first-order chi connectivity index (χ1) is 11.0. The molecule has 5 heteroatoms. The van der Waals surface area contributed by atoms with Crippen molar-refractivity contribution < 1.29 is 22.6 Å². The fourth-order valence-corrected chi connectivity index (χ4v) is 2.89. The van der Waals surface area contributed by atoms with Gasteiger partial charge in [0.15, 0.2) is 11.5 Å². The van der Waals surface area contributed by atoms with E-state index in [1.807, 2.05) is 0 Å². The topological polar surface area (TPSA) is 18.5 Å². The fourth-order valence-electron chi connectivity index (χ4n) is 2.89. The third-order valence-corrected chi connectivity index (χ3v) is 4.35. The van der Waals surface area contributed by atoms with Crippen LogP contribution in [0.3, 0.4) is 0 Å². The third-order valence-electron chi connectivity index (χ3n) is 4.35. The smallest absolute Gasteiger partial charge is 0.204 e. The molecule has 0 N–H and O–H groups in total. The summed E-state index contributed by atoms with van der Waals surface area (Å²) in [4.78, 5) is 0. The molecule has 2 rings (SSSR count). The van der Waals surface area contributed by atoms with Crippen molar-refractivity contribution in [3.05, 3.63) is 35.7 Å². The second kappa shape index (κ2) is 8.27. The van der Waals surface area contributed by atoms with E-state index >= 15 is 0 Å². The van der Waals surface area contributed by atoms with Crippen LogP contribution in [0, 0.1) is 23.5 Å². The van der Waals surface area contributed by atoms with Gasteiger partial charge in [-0.3, -0.25) is 0 Å². The number of benzene rings is 1. The second-order valence-corrected chi connectivity index (χ2v) is 5.95. The molecule has 0 amide bonds. The van der Waals surface area contributed by atoms with Gasteiger partial charge in [-0.15, -0.1) is 0 Å². The summed E-state index contributed by atoms with van der Waals surface area (Å²) < 4.78 is 50.9. The van der Waals surface area contributed by atoms with E-state index in [4.69, 9.17) is 9.47 Å². The molecule has 0 bridgehead atoms. The molecule has 0 aromatic heterocycles. The van der Waals surface area contributed by atoms with Crippen molar-refractivity contribution in [2.75, 3.05) is 13.7 Å². The minimum atomic E-state index is -1.03. The van der Waals surface area contributed by atoms with Crippen LogP contribution < -0.4 is 9.47 Å². The molecule has 1 fully saturated rings. The van der Waals surface area contributed by atoms with E-state index < -0.39 is 11.6 Å². The summed E-state index contributed by atoms with van der Waals surface area (Å²) in [5, 5.41) is 0. The van der Waals surface area contributed by atoms with Crippen molar-refractivity contribution in [2.45, 2.75) is 39.0 Å². The number of halogens is 3. The zero-order chi connectivity index (χ0) is 16.8. The molecule has 0 heterocycles. The Morgan fingerprint density at radius 2 is 1.74 bits per heavy atom. The monoisotopic (exact) mass is 328 g/mol. The Morgan fingerprint density at radius 3 is 2.35 bits per heavy atom. The number of methoxy groups -OCH3 is 1. The lowest BCUT2D eigenvalue weighted by Gasteiger charge is -2.26. The van der Waals surface area contributed by atoms with E-state index in [-0.39, 0.29) is 29.2 Å². The quantitative estimate of drug-likeness (QED) is 0.694. The molecule has 1 aliphatic carbocycles. The first kappa shape index (κ1) is 17.7. The van der Waals surface area contributed by atoms with E-state index in [0.29, 0.717) is 13.0 Å². The standard InChI is InChI=1S/C18H23F3O2/c1-3-14(19)10-12-4-6-13(7-5-12)11-23-16-9-8-15(22-2)17(20)18(16)21/h8-10,12-13H,3-7,11H2,1-2H3. The van der Waals surface area contributed by atoms with Crippen molar-refractivity contribution in [1.82, 2.24) is 0 Å². The normalized spacial score (nSPS) is 22.0. The minimum Gasteiger partial charge on any atom is -0.494 e. The summed E-state index contributed by atoms with van der Waals surface area (Å²) in [6.45, 7) is 2.14. The highest BCUT2D eigenvalue weighted by atomic mass is 19.2. The molecule has 0 unspecified atom stereocenters. The van der Waals surface area contributed by atoms with E-state index in [1.54, 1.807) is 13.0 Å². The first-order valence-electron chi connectivity index (χ1n) is 8.06. The van der Waals surface area contributed by atoms with Gasteiger partial charge in [-0.05, 0) is 62.1 Å². The predicted molar refractivity (Wildman–Crippen MR) is 83.3 cm³/mol. The molecule has 1 aromatic carbocycles. The average molecular weight is 328 g/mol. The summed E-state index contributed by atoms with van der Waals surface area (Å²) in [7, 11) is 1.28. The van der Waals surface area contributed by atoms with Gasteiger partial charge >= 0.3 is 0 Å². The molecule has 0 atom stereocenters. The van der Waals surface area contributed by atoms with Crippen molar-refractivity contribution in [3.8, 4) is 11.5 Å². The number of hydrogen-bond donors (Lipinski definition) is 0. The second-order valence-electron chi connectivity index (χ2n) is 5.95. The van der Waals surface area contributed by atoms with Crippen molar-refractivity contribution in [3.63, 3.8) is 0 Å². The van der Waals surface area contributed by atoms with Gasteiger partial charge in [-0.2, -0.15) is 8.78 Å². The van der Waals surface area contributed by atoms with Crippen LogP contribution >= 0.6 is 0 Å². The summed E-state index contributed by atoms with van der Waals surface area (Å²) in [5.41, 5.74) is 0. The maximum atomic E-state index is 13.8. The van der Waals surface area contributed by atoms with E-state index in [0.717, 1.165) is 25.7 Å².